The molecule has 2 heterocycles. The fourth-order valence-corrected chi connectivity index (χ4v) is 3.48. The molecule has 3 rings (SSSR count). The van der Waals surface area contributed by atoms with Crippen molar-refractivity contribution >= 4 is 16.5 Å². The highest BCUT2D eigenvalue weighted by Gasteiger charge is 2.16. The number of nitrogens with zero attached hydrogens (tertiary/aromatic N) is 1. The van der Waals surface area contributed by atoms with Crippen molar-refractivity contribution in [2.75, 3.05) is 18.5 Å². The van der Waals surface area contributed by atoms with E-state index in [2.05, 4.69) is 44.3 Å². The summed E-state index contributed by atoms with van der Waals surface area (Å²) >= 11 is 1.72. The van der Waals surface area contributed by atoms with Crippen molar-refractivity contribution in [3.8, 4) is 11.3 Å². The molecular weight excluding hydrogens is 280 g/mol. The van der Waals surface area contributed by atoms with E-state index in [4.69, 9.17) is 9.72 Å². The standard InChI is InChI=1S/C17H22N2OS/c1-11-6-7-14(9-12(11)2)16-13(3)21-17(19-16)18-10-15-5-4-8-20-15/h6-7,9,15H,4-5,8,10H2,1-3H3,(H,18,19). The van der Waals surface area contributed by atoms with E-state index in [1.54, 1.807) is 11.3 Å². The molecule has 1 unspecified atom stereocenters. The second-order valence-corrected chi connectivity index (χ2v) is 6.94. The van der Waals surface area contributed by atoms with E-state index in [0.717, 1.165) is 30.4 Å². The number of benzene rings is 1. The van der Waals surface area contributed by atoms with Crippen LogP contribution in [0.1, 0.15) is 28.8 Å². The molecular formula is C17H22N2OS. The quantitative estimate of drug-likeness (QED) is 0.913. The van der Waals surface area contributed by atoms with Crippen LogP contribution in [0.25, 0.3) is 11.3 Å². The number of ether oxygens (including phenoxy) is 1. The molecule has 2 aromatic rings. The van der Waals surface area contributed by atoms with E-state index in [1.165, 1.54) is 28.0 Å². The van der Waals surface area contributed by atoms with Gasteiger partial charge in [0.05, 0.1) is 11.8 Å². The van der Waals surface area contributed by atoms with Crippen molar-refractivity contribution in [3.63, 3.8) is 0 Å². The monoisotopic (exact) mass is 302 g/mol. The Morgan fingerprint density at radius 3 is 2.86 bits per heavy atom. The maximum atomic E-state index is 5.64. The highest BCUT2D eigenvalue weighted by Crippen LogP contribution is 2.31. The molecule has 1 aliphatic rings. The van der Waals surface area contributed by atoms with Gasteiger partial charge < -0.3 is 10.1 Å². The molecule has 1 aromatic carbocycles. The van der Waals surface area contributed by atoms with Gasteiger partial charge in [-0.15, -0.1) is 11.3 Å². The van der Waals surface area contributed by atoms with Gasteiger partial charge in [-0.25, -0.2) is 4.98 Å². The first-order chi connectivity index (χ1) is 10.1. The second kappa shape index (κ2) is 6.16. The minimum Gasteiger partial charge on any atom is -0.376 e. The van der Waals surface area contributed by atoms with Crippen LogP contribution in [-0.2, 0) is 4.74 Å². The van der Waals surface area contributed by atoms with Crippen LogP contribution in [0.4, 0.5) is 5.13 Å². The summed E-state index contributed by atoms with van der Waals surface area (Å²) in [5, 5.41) is 4.42. The van der Waals surface area contributed by atoms with Gasteiger partial charge in [-0.3, -0.25) is 0 Å². The third-order valence-electron chi connectivity index (χ3n) is 4.08. The Balaban J connectivity index is 1.75. The molecule has 1 aromatic heterocycles. The average Bonchev–Trinajstić information content (AvgIpc) is 3.09. The smallest absolute Gasteiger partial charge is 0.183 e. The Kier molecular flexibility index (Phi) is 4.27. The molecule has 1 aliphatic heterocycles. The van der Waals surface area contributed by atoms with Gasteiger partial charge in [0.2, 0.25) is 0 Å². The molecule has 1 saturated heterocycles. The van der Waals surface area contributed by atoms with Crippen molar-refractivity contribution in [2.24, 2.45) is 0 Å². The molecule has 112 valence electrons. The summed E-state index contributed by atoms with van der Waals surface area (Å²) in [4.78, 5) is 6.02. The van der Waals surface area contributed by atoms with Crippen LogP contribution >= 0.6 is 11.3 Å². The molecule has 0 amide bonds. The van der Waals surface area contributed by atoms with Crippen molar-refractivity contribution in [1.82, 2.24) is 4.98 Å². The zero-order valence-corrected chi connectivity index (χ0v) is 13.7. The zero-order valence-electron chi connectivity index (χ0n) is 12.9. The van der Waals surface area contributed by atoms with Crippen molar-refractivity contribution < 1.29 is 4.74 Å². The number of nitrogens with one attached hydrogen (secondary N) is 1. The lowest BCUT2D eigenvalue weighted by Crippen LogP contribution is -2.18. The lowest BCUT2D eigenvalue weighted by molar-refractivity contribution is 0.120. The predicted octanol–water partition coefficient (Wildman–Crippen LogP) is 4.33. The predicted molar refractivity (Wildman–Crippen MR) is 89.2 cm³/mol. The number of rotatable bonds is 4. The van der Waals surface area contributed by atoms with Crippen molar-refractivity contribution in [1.29, 1.82) is 0 Å². The fraction of sp³-hybridized carbons (Fsp3) is 0.471. The Labute approximate surface area is 130 Å². The average molecular weight is 302 g/mol. The topological polar surface area (TPSA) is 34.2 Å². The lowest BCUT2D eigenvalue weighted by Gasteiger charge is -2.09. The number of hydrogen-bond acceptors (Lipinski definition) is 4. The molecule has 1 N–H and O–H groups in total. The van der Waals surface area contributed by atoms with Crippen LogP contribution in [-0.4, -0.2) is 24.2 Å². The van der Waals surface area contributed by atoms with Gasteiger partial charge in [-0.2, -0.15) is 0 Å². The SMILES string of the molecule is Cc1ccc(-c2nc(NCC3CCCO3)sc2C)cc1C. The van der Waals surface area contributed by atoms with Crippen LogP contribution in [0.5, 0.6) is 0 Å². The third kappa shape index (κ3) is 3.27. The van der Waals surface area contributed by atoms with E-state index >= 15 is 0 Å². The first-order valence-corrected chi connectivity index (χ1v) is 8.35. The second-order valence-electron chi connectivity index (χ2n) is 5.74. The van der Waals surface area contributed by atoms with Crippen LogP contribution in [0.2, 0.25) is 0 Å². The van der Waals surface area contributed by atoms with E-state index in [0.29, 0.717) is 6.10 Å². The van der Waals surface area contributed by atoms with Crippen molar-refractivity contribution in [2.45, 2.75) is 39.7 Å². The largest absolute Gasteiger partial charge is 0.376 e. The molecule has 0 saturated carbocycles. The van der Waals surface area contributed by atoms with Gasteiger partial charge in [-0.05, 0) is 50.8 Å². The molecule has 1 atom stereocenters. The number of thiazole rings is 1. The van der Waals surface area contributed by atoms with Gasteiger partial charge in [0.15, 0.2) is 5.13 Å². The van der Waals surface area contributed by atoms with Gasteiger partial charge in [0, 0.05) is 23.6 Å². The summed E-state index contributed by atoms with van der Waals surface area (Å²) in [5.41, 5.74) is 4.94. The zero-order chi connectivity index (χ0) is 14.8. The minimum atomic E-state index is 0.347. The Morgan fingerprint density at radius 2 is 2.14 bits per heavy atom. The van der Waals surface area contributed by atoms with E-state index in [-0.39, 0.29) is 0 Å². The number of anilines is 1. The van der Waals surface area contributed by atoms with Gasteiger partial charge in [-0.1, -0.05) is 12.1 Å². The van der Waals surface area contributed by atoms with Crippen molar-refractivity contribution in [3.05, 3.63) is 34.2 Å². The third-order valence-corrected chi connectivity index (χ3v) is 5.01. The normalized spacial score (nSPS) is 18.1. The maximum Gasteiger partial charge on any atom is 0.183 e. The highest BCUT2D eigenvalue weighted by molar-refractivity contribution is 7.16. The summed E-state index contributed by atoms with van der Waals surface area (Å²) < 4.78 is 5.64. The Hall–Kier alpha value is -1.39. The maximum absolute atomic E-state index is 5.64. The molecule has 3 nitrogen and oxygen atoms in total. The minimum absolute atomic E-state index is 0.347. The molecule has 4 heteroatoms. The van der Waals surface area contributed by atoms with E-state index in [9.17, 15) is 0 Å². The molecule has 21 heavy (non-hydrogen) atoms. The molecule has 0 spiro atoms. The van der Waals surface area contributed by atoms with Gasteiger partial charge in [0.25, 0.3) is 0 Å². The molecule has 0 bridgehead atoms. The molecule has 1 fully saturated rings. The molecule has 0 radical (unpaired) electrons. The highest BCUT2D eigenvalue weighted by atomic mass is 32.1. The number of hydrogen-bond donors (Lipinski definition) is 1. The fourth-order valence-electron chi connectivity index (χ4n) is 2.64. The first-order valence-electron chi connectivity index (χ1n) is 7.54. The number of aryl methyl sites for hydroxylation is 3. The van der Waals surface area contributed by atoms with Crippen LogP contribution in [0, 0.1) is 20.8 Å². The Morgan fingerprint density at radius 1 is 1.29 bits per heavy atom. The van der Waals surface area contributed by atoms with Gasteiger partial charge in [0.1, 0.15) is 0 Å². The summed E-state index contributed by atoms with van der Waals surface area (Å²) in [6.45, 7) is 8.19. The Bertz CT molecular complexity index is 630. The lowest BCUT2D eigenvalue weighted by atomic mass is 10.0. The van der Waals surface area contributed by atoms with Crippen LogP contribution < -0.4 is 5.32 Å². The van der Waals surface area contributed by atoms with Crippen LogP contribution in [0.15, 0.2) is 18.2 Å². The van der Waals surface area contributed by atoms with Gasteiger partial charge >= 0.3 is 0 Å². The first kappa shape index (κ1) is 14.5. The van der Waals surface area contributed by atoms with Crippen LogP contribution in [0.3, 0.4) is 0 Å². The molecule has 0 aliphatic carbocycles. The summed E-state index contributed by atoms with van der Waals surface area (Å²) in [5.74, 6) is 0. The summed E-state index contributed by atoms with van der Waals surface area (Å²) in [7, 11) is 0. The number of aromatic nitrogens is 1. The summed E-state index contributed by atoms with van der Waals surface area (Å²) in [6, 6.07) is 6.55. The van der Waals surface area contributed by atoms with E-state index < -0.39 is 0 Å². The summed E-state index contributed by atoms with van der Waals surface area (Å²) in [6.07, 6.45) is 2.68. The van der Waals surface area contributed by atoms with E-state index in [1.807, 2.05) is 0 Å².